The number of rotatable bonds is 5. The smallest absolute Gasteiger partial charge is 0.193 e. The molecule has 3 unspecified atom stereocenters. The fourth-order valence-corrected chi connectivity index (χ4v) is 5.78. The van der Waals surface area contributed by atoms with Gasteiger partial charge in [-0.3, -0.25) is 9.89 Å². The van der Waals surface area contributed by atoms with Crippen LogP contribution in [0.5, 0.6) is 0 Å². The number of benzene rings is 1. The monoisotopic (exact) mass is 539 g/mol. The maximum atomic E-state index is 5.11. The van der Waals surface area contributed by atoms with Crippen LogP contribution in [0, 0.1) is 11.8 Å². The van der Waals surface area contributed by atoms with Crippen LogP contribution in [0.3, 0.4) is 0 Å². The first-order valence-electron chi connectivity index (χ1n) is 12.2. The van der Waals surface area contributed by atoms with Crippen molar-refractivity contribution in [2.45, 2.75) is 51.6 Å². The molecule has 1 aromatic carbocycles. The lowest BCUT2D eigenvalue weighted by Crippen LogP contribution is -2.56. The van der Waals surface area contributed by atoms with Crippen molar-refractivity contribution in [3.05, 3.63) is 35.9 Å². The number of hydrogen-bond donors (Lipinski definition) is 1. The van der Waals surface area contributed by atoms with Gasteiger partial charge in [0.15, 0.2) is 5.96 Å². The van der Waals surface area contributed by atoms with Gasteiger partial charge in [-0.25, -0.2) is 0 Å². The second-order valence-electron chi connectivity index (χ2n) is 9.63. The quantitative estimate of drug-likeness (QED) is 0.350. The molecule has 0 bridgehead atoms. The highest BCUT2D eigenvalue weighted by Gasteiger charge is 2.36. The number of hydrogen-bond acceptors (Lipinski definition) is 3. The molecule has 4 rings (SSSR count). The Morgan fingerprint density at radius 2 is 1.84 bits per heavy atom. The molecule has 0 radical (unpaired) electrons. The third-order valence-electron chi connectivity index (χ3n) is 7.27. The summed E-state index contributed by atoms with van der Waals surface area (Å²) < 4.78 is 0. The maximum Gasteiger partial charge on any atom is 0.193 e. The van der Waals surface area contributed by atoms with E-state index in [4.69, 9.17) is 4.99 Å². The molecule has 31 heavy (non-hydrogen) atoms. The molecule has 1 N–H and O–H groups in total. The summed E-state index contributed by atoms with van der Waals surface area (Å²) in [4.78, 5) is 12.9. The van der Waals surface area contributed by atoms with Crippen molar-refractivity contribution in [1.82, 2.24) is 20.0 Å². The molecule has 6 heteroatoms. The number of nitrogens with zero attached hydrogens (tertiary/aromatic N) is 4. The molecule has 1 aromatic rings. The molecule has 174 valence electrons. The largest absolute Gasteiger partial charge is 0.357 e. The molecule has 0 aromatic heterocycles. The van der Waals surface area contributed by atoms with Gasteiger partial charge >= 0.3 is 0 Å². The summed E-state index contributed by atoms with van der Waals surface area (Å²) in [5.41, 5.74) is 1.45. The van der Waals surface area contributed by atoms with Gasteiger partial charge in [-0.1, -0.05) is 30.3 Å². The van der Waals surface area contributed by atoms with E-state index in [0.29, 0.717) is 5.92 Å². The van der Waals surface area contributed by atoms with E-state index in [9.17, 15) is 0 Å². The molecule has 0 spiro atoms. The van der Waals surface area contributed by atoms with Crippen LogP contribution in [0.25, 0.3) is 0 Å². The van der Waals surface area contributed by atoms with E-state index in [1.54, 1.807) is 0 Å². The normalized spacial score (nSPS) is 28.0. The summed E-state index contributed by atoms with van der Waals surface area (Å²) in [7, 11) is 2.25. The zero-order valence-corrected chi connectivity index (χ0v) is 21.8. The molecule has 0 amide bonds. The standard InChI is InChI=1S/C25H41N5.HI/c1-3-26-25(27-17-22-11-7-14-28(2)18-22)30-16-13-24-23(20-30)12-8-15-29(24)19-21-9-5-4-6-10-21;/h4-6,9-10,22-24H,3,7-8,11-20H2,1-2H3,(H,26,27);1H. The average molecular weight is 540 g/mol. The molecule has 3 fully saturated rings. The van der Waals surface area contributed by atoms with Crippen molar-refractivity contribution in [3.8, 4) is 0 Å². The molecule has 3 aliphatic heterocycles. The topological polar surface area (TPSA) is 34.1 Å². The lowest BCUT2D eigenvalue weighted by atomic mass is 9.83. The van der Waals surface area contributed by atoms with Crippen LogP contribution >= 0.6 is 24.0 Å². The van der Waals surface area contributed by atoms with Crippen molar-refractivity contribution < 1.29 is 0 Å². The van der Waals surface area contributed by atoms with Crippen LogP contribution in [-0.4, -0.2) is 79.6 Å². The van der Waals surface area contributed by atoms with E-state index < -0.39 is 0 Å². The van der Waals surface area contributed by atoms with E-state index >= 15 is 0 Å². The van der Waals surface area contributed by atoms with Gasteiger partial charge in [-0.15, -0.1) is 24.0 Å². The molecule has 3 heterocycles. The number of aliphatic imine (C=N–C) groups is 1. The van der Waals surface area contributed by atoms with Crippen LogP contribution < -0.4 is 5.32 Å². The van der Waals surface area contributed by atoms with Gasteiger partial charge in [-0.05, 0) is 76.6 Å². The summed E-state index contributed by atoms with van der Waals surface area (Å²) in [5, 5.41) is 3.60. The summed E-state index contributed by atoms with van der Waals surface area (Å²) in [6.45, 7) is 11.2. The Kier molecular flexibility index (Phi) is 9.91. The fourth-order valence-electron chi connectivity index (χ4n) is 5.78. The average Bonchev–Trinajstić information content (AvgIpc) is 2.77. The van der Waals surface area contributed by atoms with Crippen LogP contribution in [0.1, 0.15) is 44.6 Å². The van der Waals surface area contributed by atoms with E-state index in [-0.39, 0.29) is 24.0 Å². The lowest BCUT2D eigenvalue weighted by molar-refractivity contribution is 0.0372. The SMILES string of the molecule is CCNC(=NCC1CCCN(C)C1)N1CCC2C(CCCN2Cc2ccccc2)C1.I. The Morgan fingerprint density at radius 1 is 1.03 bits per heavy atom. The minimum absolute atomic E-state index is 0. The summed E-state index contributed by atoms with van der Waals surface area (Å²) in [5.74, 6) is 2.64. The molecule has 5 nitrogen and oxygen atoms in total. The molecule has 3 saturated heterocycles. The number of nitrogens with one attached hydrogen (secondary N) is 1. The number of halogens is 1. The van der Waals surface area contributed by atoms with Gasteiger partial charge in [0.1, 0.15) is 0 Å². The first-order chi connectivity index (χ1) is 14.7. The maximum absolute atomic E-state index is 5.11. The molecular weight excluding hydrogens is 497 g/mol. The predicted molar refractivity (Wildman–Crippen MR) is 141 cm³/mol. The Morgan fingerprint density at radius 3 is 2.61 bits per heavy atom. The van der Waals surface area contributed by atoms with Crippen molar-refractivity contribution in [2.75, 3.05) is 52.9 Å². The van der Waals surface area contributed by atoms with Gasteiger partial charge in [-0.2, -0.15) is 0 Å². The van der Waals surface area contributed by atoms with E-state index in [1.807, 2.05) is 0 Å². The summed E-state index contributed by atoms with van der Waals surface area (Å²) >= 11 is 0. The third-order valence-corrected chi connectivity index (χ3v) is 7.27. The van der Waals surface area contributed by atoms with Gasteiger partial charge in [0.05, 0.1) is 0 Å². The van der Waals surface area contributed by atoms with Gasteiger partial charge in [0, 0.05) is 45.3 Å². The number of likely N-dealkylation sites (tertiary alicyclic amines) is 3. The first-order valence-corrected chi connectivity index (χ1v) is 12.2. The highest BCUT2D eigenvalue weighted by molar-refractivity contribution is 14.0. The zero-order chi connectivity index (χ0) is 20.8. The van der Waals surface area contributed by atoms with E-state index in [2.05, 4.69) is 64.3 Å². The van der Waals surface area contributed by atoms with Crippen LogP contribution in [0.2, 0.25) is 0 Å². The van der Waals surface area contributed by atoms with E-state index in [1.165, 1.54) is 57.3 Å². The Hall–Kier alpha value is -0.860. The second kappa shape index (κ2) is 12.4. The predicted octanol–water partition coefficient (Wildman–Crippen LogP) is 3.90. The Bertz CT molecular complexity index is 682. The lowest BCUT2D eigenvalue weighted by Gasteiger charge is -2.48. The third kappa shape index (κ3) is 6.81. The van der Waals surface area contributed by atoms with Gasteiger partial charge in [0.2, 0.25) is 0 Å². The highest BCUT2D eigenvalue weighted by Crippen LogP contribution is 2.31. The van der Waals surface area contributed by atoms with Crippen LogP contribution in [0.15, 0.2) is 35.3 Å². The number of fused-ring (bicyclic) bond motifs is 1. The molecular formula is C25H42IN5. The minimum atomic E-state index is 0. The van der Waals surface area contributed by atoms with Crippen LogP contribution in [-0.2, 0) is 6.54 Å². The van der Waals surface area contributed by atoms with Crippen molar-refractivity contribution >= 4 is 29.9 Å². The second-order valence-corrected chi connectivity index (χ2v) is 9.63. The highest BCUT2D eigenvalue weighted by atomic mass is 127. The summed E-state index contributed by atoms with van der Waals surface area (Å²) in [6, 6.07) is 11.7. The zero-order valence-electron chi connectivity index (χ0n) is 19.5. The molecule has 3 atom stereocenters. The molecule has 0 aliphatic carbocycles. The molecule has 0 saturated carbocycles. The van der Waals surface area contributed by atoms with Gasteiger partial charge < -0.3 is 15.1 Å². The number of guanidine groups is 1. The van der Waals surface area contributed by atoms with Gasteiger partial charge in [0.25, 0.3) is 0 Å². The summed E-state index contributed by atoms with van der Waals surface area (Å²) in [6.07, 6.45) is 6.58. The van der Waals surface area contributed by atoms with Crippen LogP contribution in [0.4, 0.5) is 0 Å². The van der Waals surface area contributed by atoms with E-state index in [0.717, 1.165) is 50.6 Å². The molecule has 3 aliphatic rings. The fraction of sp³-hybridized carbons (Fsp3) is 0.720. The Balaban J connectivity index is 0.00000272. The minimum Gasteiger partial charge on any atom is -0.357 e. The first kappa shape index (κ1) is 24.8. The Labute approximate surface area is 206 Å². The number of piperidine rings is 3. The van der Waals surface area contributed by atoms with Crippen molar-refractivity contribution in [2.24, 2.45) is 16.8 Å². The van der Waals surface area contributed by atoms with Crippen molar-refractivity contribution in [3.63, 3.8) is 0 Å². The van der Waals surface area contributed by atoms with Crippen molar-refractivity contribution in [1.29, 1.82) is 0 Å².